The SMILES string of the molecule is CC(C)C(C(=O)OCn1nnc2ccccc2c1=O)N1C(=O)c2ccccc2C1=O. The van der Waals surface area contributed by atoms with Gasteiger partial charge >= 0.3 is 5.97 Å². The second kappa shape index (κ2) is 7.51. The number of rotatable bonds is 5. The van der Waals surface area contributed by atoms with E-state index in [0.717, 1.165) is 9.58 Å². The van der Waals surface area contributed by atoms with Crippen molar-refractivity contribution in [2.75, 3.05) is 0 Å². The summed E-state index contributed by atoms with van der Waals surface area (Å²) in [5, 5.41) is 8.04. The largest absolute Gasteiger partial charge is 0.441 e. The molecule has 2 heterocycles. The molecule has 1 aromatic heterocycles. The van der Waals surface area contributed by atoms with Crippen LogP contribution in [0.5, 0.6) is 0 Å². The zero-order valence-corrected chi connectivity index (χ0v) is 16.3. The molecule has 2 amide bonds. The molecule has 1 unspecified atom stereocenters. The van der Waals surface area contributed by atoms with Crippen LogP contribution in [0.25, 0.3) is 10.9 Å². The molecule has 0 spiro atoms. The molecule has 0 fully saturated rings. The van der Waals surface area contributed by atoms with Gasteiger partial charge in [-0.25, -0.2) is 4.79 Å². The molecule has 0 N–H and O–H groups in total. The van der Waals surface area contributed by atoms with Crippen LogP contribution >= 0.6 is 0 Å². The number of imide groups is 1. The second-order valence-electron chi connectivity index (χ2n) is 7.22. The summed E-state index contributed by atoms with van der Waals surface area (Å²) in [6.45, 7) is 2.93. The smallest absolute Gasteiger partial charge is 0.331 e. The summed E-state index contributed by atoms with van der Waals surface area (Å²) < 4.78 is 6.18. The van der Waals surface area contributed by atoms with Gasteiger partial charge in [0.05, 0.1) is 16.5 Å². The molecule has 9 heteroatoms. The van der Waals surface area contributed by atoms with Gasteiger partial charge in [0, 0.05) is 0 Å². The highest BCUT2D eigenvalue weighted by Crippen LogP contribution is 2.27. The number of carbonyl (C=O) groups excluding carboxylic acids is 3. The number of carbonyl (C=O) groups is 3. The Labute approximate surface area is 170 Å². The van der Waals surface area contributed by atoms with Crippen molar-refractivity contribution in [1.29, 1.82) is 0 Å². The molecule has 0 bridgehead atoms. The summed E-state index contributed by atoms with van der Waals surface area (Å²) in [7, 11) is 0. The van der Waals surface area contributed by atoms with Crippen molar-refractivity contribution in [2.24, 2.45) is 5.92 Å². The maximum atomic E-state index is 12.8. The zero-order valence-electron chi connectivity index (χ0n) is 16.3. The Balaban J connectivity index is 1.57. The van der Waals surface area contributed by atoms with E-state index in [0.29, 0.717) is 10.9 Å². The van der Waals surface area contributed by atoms with Gasteiger partial charge in [0.15, 0.2) is 6.73 Å². The van der Waals surface area contributed by atoms with E-state index in [1.807, 2.05) is 0 Å². The summed E-state index contributed by atoms with van der Waals surface area (Å²) in [5.74, 6) is -2.30. The average Bonchev–Trinajstić information content (AvgIpc) is 2.99. The van der Waals surface area contributed by atoms with Gasteiger partial charge in [0.25, 0.3) is 17.4 Å². The molecule has 0 saturated carbocycles. The minimum absolute atomic E-state index is 0.248. The predicted octanol–water partition coefficient (Wildman–Crippen LogP) is 1.61. The number of aromatic nitrogens is 3. The molecule has 1 aliphatic heterocycles. The van der Waals surface area contributed by atoms with Gasteiger partial charge in [0.2, 0.25) is 0 Å². The van der Waals surface area contributed by atoms with Gasteiger partial charge in [0.1, 0.15) is 11.6 Å². The lowest BCUT2D eigenvalue weighted by molar-refractivity contribution is -0.154. The number of amides is 2. The Morgan fingerprint density at radius 3 is 2.20 bits per heavy atom. The molecule has 0 aliphatic carbocycles. The van der Waals surface area contributed by atoms with Crippen LogP contribution in [0.3, 0.4) is 0 Å². The summed E-state index contributed by atoms with van der Waals surface area (Å²) in [5.41, 5.74) is 0.460. The quantitative estimate of drug-likeness (QED) is 0.467. The van der Waals surface area contributed by atoms with Crippen LogP contribution in [-0.4, -0.2) is 43.7 Å². The Kier molecular flexibility index (Phi) is 4.86. The first-order valence-electron chi connectivity index (χ1n) is 9.36. The normalized spacial score (nSPS) is 14.3. The van der Waals surface area contributed by atoms with Crippen molar-refractivity contribution < 1.29 is 19.1 Å². The molecule has 1 aliphatic rings. The third-order valence-corrected chi connectivity index (χ3v) is 4.94. The third-order valence-electron chi connectivity index (χ3n) is 4.94. The van der Waals surface area contributed by atoms with Gasteiger partial charge in [-0.3, -0.25) is 19.3 Å². The van der Waals surface area contributed by atoms with E-state index >= 15 is 0 Å². The first-order chi connectivity index (χ1) is 14.4. The van der Waals surface area contributed by atoms with Crippen LogP contribution in [0, 0.1) is 5.92 Å². The molecule has 30 heavy (non-hydrogen) atoms. The van der Waals surface area contributed by atoms with E-state index in [2.05, 4.69) is 10.3 Å². The number of nitrogens with zero attached hydrogens (tertiary/aromatic N) is 4. The molecule has 4 rings (SSSR count). The van der Waals surface area contributed by atoms with Crippen LogP contribution in [0.1, 0.15) is 34.6 Å². The van der Waals surface area contributed by atoms with E-state index in [-0.39, 0.29) is 11.1 Å². The topological polar surface area (TPSA) is 111 Å². The van der Waals surface area contributed by atoms with Crippen molar-refractivity contribution in [1.82, 2.24) is 19.9 Å². The van der Waals surface area contributed by atoms with Crippen LogP contribution < -0.4 is 5.56 Å². The standard InChI is InChI=1S/C21H18N4O5/c1-12(2)17(25-19(27)13-7-3-4-8-14(13)20(25)28)21(29)30-11-24-18(26)15-9-5-6-10-16(15)22-23-24/h3-10,12,17H,11H2,1-2H3. The highest BCUT2D eigenvalue weighted by Gasteiger charge is 2.44. The minimum Gasteiger partial charge on any atom is -0.441 e. The third kappa shape index (κ3) is 3.14. The molecular weight excluding hydrogens is 388 g/mol. The van der Waals surface area contributed by atoms with Crippen molar-refractivity contribution in [3.63, 3.8) is 0 Å². The monoisotopic (exact) mass is 406 g/mol. The Bertz CT molecular complexity index is 1200. The van der Waals surface area contributed by atoms with Crippen molar-refractivity contribution in [3.8, 4) is 0 Å². The molecule has 2 aromatic carbocycles. The number of esters is 1. The Morgan fingerprint density at radius 1 is 0.967 bits per heavy atom. The van der Waals surface area contributed by atoms with E-state index < -0.39 is 42.0 Å². The maximum Gasteiger partial charge on any atom is 0.331 e. The van der Waals surface area contributed by atoms with Gasteiger partial charge in [-0.1, -0.05) is 43.3 Å². The lowest BCUT2D eigenvalue weighted by atomic mass is 10.0. The lowest BCUT2D eigenvalue weighted by Crippen LogP contribution is -2.49. The summed E-state index contributed by atoms with van der Waals surface area (Å²) in [6, 6.07) is 11.9. The summed E-state index contributed by atoms with van der Waals surface area (Å²) >= 11 is 0. The number of hydrogen-bond donors (Lipinski definition) is 0. The number of ether oxygens (including phenoxy) is 1. The van der Waals surface area contributed by atoms with E-state index in [9.17, 15) is 19.2 Å². The molecule has 1 atom stereocenters. The first kappa shape index (κ1) is 19.4. The van der Waals surface area contributed by atoms with Crippen molar-refractivity contribution in [2.45, 2.75) is 26.6 Å². The second-order valence-corrected chi connectivity index (χ2v) is 7.22. The maximum absolute atomic E-state index is 12.8. The molecular formula is C21H18N4O5. The Morgan fingerprint density at radius 2 is 1.57 bits per heavy atom. The van der Waals surface area contributed by atoms with E-state index in [4.69, 9.17) is 4.74 Å². The number of benzene rings is 2. The number of fused-ring (bicyclic) bond motifs is 2. The van der Waals surface area contributed by atoms with Gasteiger partial charge in [-0.2, -0.15) is 4.68 Å². The first-order valence-corrected chi connectivity index (χ1v) is 9.36. The number of hydrogen-bond acceptors (Lipinski definition) is 7. The fourth-order valence-electron chi connectivity index (χ4n) is 3.45. The highest BCUT2D eigenvalue weighted by atomic mass is 16.5. The van der Waals surface area contributed by atoms with Gasteiger partial charge in [-0.15, -0.1) is 5.10 Å². The van der Waals surface area contributed by atoms with Gasteiger partial charge < -0.3 is 4.74 Å². The minimum atomic E-state index is -1.14. The van der Waals surface area contributed by atoms with Crippen LogP contribution in [0.2, 0.25) is 0 Å². The lowest BCUT2D eigenvalue weighted by Gasteiger charge is -2.27. The van der Waals surface area contributed by atoms with Crippen LogP contribution in [0.4, 0.5) is 0 Å². The molecule has 0 radical (unpaired) electrons. The highest BCUT2D eigenvalue weighted by molar-refractivity contribution is 6.22. The molecule has 152 valence electrons. The molecule has 9 nitrogen and oxygen atoms in total. The van der Waals surface area contributed by atoms with Crippen molar-refractivity contribution >= 4 is 28.7 Å². The fraction of sp³-hybridized carbons (Fsp3) is 0.238. The average molecular weight is 406 g/mol. The van der Waals surface area contributed by atoms with E-state index in [1.54, 1.807) is 62.4 Å². The van der Waals surface area contributed by atoms with Crippen LogP contribution in [-0.2, 0) is 16.3 Å². The zero-order chi connectivity index (χ0) is 21.4. The predicted molar refractivity (Wildman–Crippen MR) is 105 cm³/mol. The van der Waals surface area contributed by atoms with Gasteiger partial charge in [-0.05, 0) is 30.2 Å². The van der Waals surface area contributed by atoms with Crippen LogP contribution in [0.15, 0.2) is 53.3 Å². The Hall–Kier alpha value is -3.88. The molecule has 0 saturated heterocycles. The fourth-order valence-corrected chi connectivity index (χ4v) is 3.45. The molecule has 3 aromatic rings. The summed E-state index contributed by atoms with van der Waals surface area (Å²) in [4.78, 5) is 51.8. The van der Waals surface area contributed by atoms with Crippen molar-refractivity contribution in [3.05, 3.63) is 70.0 Å². The van der Waals surface area contributed by atoms with E-state index in [1.165, 1.54) is 0 Å². The summed E-state index contributed by atoms with van der Waals surface area (Å²) in [6.07, 6.45) is 0.